The van der Waals surface area contributed by atoms with Gasteiger partial charge in [-0.1, -0.05) is 50.9 Å². The van der Waals surface area contributed by atoms with E-state index < -0.39 is 13.2 Å². The summed E-state index contributed by atoms with van der Waals surface area (Å²) in [6.07, 6.45) is 0. The molecule has 2 aromatic carbocycles. The summed E-state index contributed by atoms with van der Waals surface area (Å²) in [7, 11) is -3.13. The SMILES string of the molecule is CC(C)C(C)(Nc1cc(Oc2ccc(Cl)cc2Cl)ccc1[N+](=O)[O-])C(C)C.O=[PH](O)O. The van der Waals surface area contributed by atoms with Gasteiger partial charge < -0.3 is 19.8 Å². The molecule has 2 rings (SSSR count). The number of hydrogen-bond donors (Lipinski definition) is 3. The Morgan fingerprint density at radius 1 is 1.10 bits per heavy atom. The minimum Gasteiger partial charge on any atom is -0.456 e. The van der Waals surface area contributed by atoms with Gasteiger partial charge >= 0.3 is 8.25 Å². The van der Waals surface area contributed by atoms with Gasteiger partial charge in [0.25, 0.3) is 5.69 Å². The molecule has 0 bridgehead atoms. The van der Waals surface area contributed by atoms with Crippen molar-refractivity contribution in [3.05, 3.63) is 56.6 Å². The molecule has 0 heterocycles. The molecular weight excluding hydrogens is 466 g/mol. The summed E-state index contributed by atoms with van der Waals surface area (Å²) >= 11 is 12.1. The van der Waals surface area contributed by atoms with E-state index >= 15 is 0 Å². The first-order valence-corrected chi connectivity index (χ1v) is 11.4. The number of benzene rings is 2. The highest BCUT2D eigenvalue weighted by atomic mass is 35.5. The predicted molar refractivity (Wildman–Crippen MR) is 125 cm³/mol. The Bertz CT molecular complexity index is 928. The van der Waals surface area contributed by atoms with Gasteiger partial charge in [-0.3, -0.25) is 14.7 Å². The van der Waals surface area contributed by atoms with Gasteiger partial charge in [-0.05, 0) is 43.0 Å². The third-order valence-corrected chi connectivity index (χ3v) is 5.62. The molecule has 2 aromatic rings. The first kappa shape index (κ1) is 27.2. The summed E-state index contributed by atoms with van der Waals surface area (Å²) in [6.45, 7) is 10.4. The van der Waals surface area contributed by atoms with Crippen LogP contribution in [0.4, 0.5) is 11.4 Å². The van der Waals surface area contributed by atoms with E-state index in [1.54, 1.807) is 30.3 Å². The van der Waals surface area contributed by atoms with Crippen molar-refractivity contribution < 1.29 is 24.0 Å². The van der Waals surface area contributed by atoms with Crippen molar-refractivity contribution in [3.63, 3.8) is 0 Å². The minimum absolute atomic E-state index is 0.00271. The highest BCUT2D eigenvalue weighted by Crippen LogP contribution is 2.38. The molecule has 11 heteroatoms. The monoisotopic (exact) mass is 492 g/mol. The molecule has 31 heavy (non-hydrogen) atoms. The van der Waals surface area contributed by atoms with Crippen molar-refractivity contribution in [1.82, 2.24) is 0 Å². The molecule has 0 spiro atoms. The van der Waals surface area contributed by atoms with Gasteiger partial charge in [-0.25, -0.2) is 0 Å². The fraction of sp³-hybridized carbons (Fsp3) is 0.400. The van der Waals surface area contributed by atoms with Crippen LogP contribution in [0.15, 0.2) is 36.4 Å². The maximum absolute atomic E-state index is 11.5. The molecule has 3 N–H and O–H groups in total. The Hall–Kier alpha value is -1.83. The summed E-state index contributed by atoms with van der Waals surface area (Å²) < 4.78 is 14.6. The topological polar surface area (TPSA) is 122 Å². The lowest BCUT2D eigenvalue weighted by molar-refractivity contribution is -0.384. The van der Waals surface area contributed by atoms with Crippen LogP contribution in [0.2, 0.25) is 10.0 Å². The van der Waals surface area contributed by atoms with Crippen molar-refractivity contribution in [2.24, 2.45) is 11.8 Å². The number of rotatable bonds is 7. The zero-order valence-electron chi connectivity index (χ0n) is 17.8. The largest absolute Gasteiger partial charge is 0.456 e. The molecule has 0 atom stereocenters. The molecule has 0 unspecified atom stereocenters. The van der Waals surface area contributed by atoms with Crippen LogP contribution >= 0.6 is 31.5 Å². The average molecular weight is 493 g/mol. The maximum Gasteiger partial charge on any atom is 0.314 e. The lowest BCUT2D eigenvalue weighted by Crippen LogP contribution is -2.45. The van der Waals surface area contributed by atoms with Crippen molar-refractivity contribution in [3.8, 4) is 11.5 Å². The van der Waals surface area contributed by atoms with Gasteiger partial charge in [-0.2, -0.15) is 0 Å². The summed E-state index contributed by atoms with van der Waals surface area (Å²) in [5, 5.41) is 15.7. The van der Waals surface area contributed by atoms with E-state index in [1.165, 1.54) is 6.07 Å². The number of nitrogens with zero attached hydrogens (tertiary/aromatic N) is 1. The van der Waals surface area contributed by atoms with Crippen LogP contribution in [0.3, 0.4) is 0 Å². The van der Waals surface area contributed by atoms with Crippen LogP contribution < -0.4 is 10.1 Å². The number of halogens is 2. The lowest BCUT2D eigenvalue weighted by atomic mass is 9.78. The molecule has 172 valence electrons. The number of ether oxygens (including phenoxy) is 1. The van der Waals surface area contributed by atoms with Crippen LogP contribution in [-0.2, 0) is 4.57 Å². The predicted octanol–water partition coefficient (Wildman–Crippen LogP) is 6.54. The Labute approximate surface area is 192 Å². The molecule has 0 aliphatic heterocycles. The van der Waals surface area contributed by atoms with Gasteiger partial charge in [-0.15, -0.1) is 0 Å². The van der Waals surface area contributed by atoms with E-state index in [4.69, 9.17) is 42.3 Å². The standard InChI is InChI=1S/C20H24Cl2N2O3.H3O3P/c1-12(2)20(5,13(3)4)23-17-11-15(7-8-18(17)24(25)26)27-19-9-6-14(21)10-16(19)22;1-4(2)3/h6-13,23H,1-5H3;4H,(H2,1,2,3). The Balaban J connectivity index is 0.00000110. The Morgan fingerprint density at radius 3 is 2.10 bits per heavy atom. The van der Waals surface area contributed by atoms with Crippen molar-refractivity contribution >= 4 is 42.8 Å². The molecule has 0 saturated heterocycles. The smallest absolute Gasteiger partial charge is 0.314 e. The van der Waals surface area contributed by atoms with Crippen LogP contribution in [-0.4, -0.2) is 20.2 Å². The van der Waals surface area contributed by atoms with Gasteiger partial charge in [0.2, 0.25) is 0 Å². The second-order valence-electron chi connectivity index (χ2n) is 7.61. The molecule has 0 aliphatic rings. The van der Waals surface area contributed by atoms with E-state index in [0.717, 1.165) is 0 Å². The van der Waals surface area contributed by atoms with Crippen molar-refractivity contribution in [2.75, 3.05) is 5.32 Å². The minimum atomic E-state index is -3.13. The highest BCUT2D eigenvalue weighted by Gasteiger charge is 2.34. The molecule has 0 amide bonds. The Morgan fingerprint density at radius 2 is 1.65 bits per heavy atom. The summed E-state index contributed by atoms with van der Waals surface area (Å²) in [4.78, 5) is 25.4. The fourth-order valence-electron chi connectivity index (χ4n) is 2.77. The highest BCUT2D eigenvalue weighted by molar-refractivity contribution is 7.30. The molecule has 0 fully saturated rings. The average Bonchev–Trinajstić information content (AvgIpc) is 2.63. The number of nitrogens with one attached hydrogen (secondary N) is 1. The van der Waals surface area contributed by atoms with E-state index in [1.807, 2.05) is 0 Å². The van der Waals surface area contributed by atoms with E-state index in [-0.39, 0.29) is 23.1 Å². The first-order valence-electron chi connectivity index (χ1n) is 9.39. The second-order valence-corrected chi connectivity index (χ2v) is 9.02. The van der Waals surface area contributed by atoms with E-state index in [0.29, 0.717) is 27.2 Å². The molecule has 0 radical (unpaired) electrons. The van der Waals surface area contributed by atoms with Crippen LogP contribution in [0.1, 0.15) is 34.6 Å². The summed E-state index contributed by atoms with van der Waals surface area (Å²) in [5.41, 5.74) is 0.0750. The molecule has 8 nitrogen and oxygen atoms in total. The molecular formula is C20H27Cl2N2O6P. The molecule has 0 saturated carbocycles. The number of anilines is 1. The zero-order valence-corrected chi connectivity index (χ0v) is 20.4. The number of hydrogen-bond acceptors (Lipinski definition) is 5. The third-order valence-electron chi connectivity index (χ3n) is 5.09. The van der Waals surface area contributed by atoms with Gasteiger partial charge in [0.1, 0.15) is 17.2 Å². The van der Waals surface area contributed by atoms with Crippen molar-refractivity contribution in [2.45, 2.75) is 40.2 Å². The van der Waals surface area contributed by atoms with Crippen LogP contribution in [0, 0.1) is 22.0 Å². The van der Waals surface area contributed by atoms with E-state index in [9.17, 15) is 10.1 Å². The quantitative estimate of drug-likeness (QED) is 0.228. The maximum atomic E-state index is 11.5. The summed E-state index contributed by atoms with van der Waals surface area (Å²) in [5.74, 6) is 1.39. The van der Waals surface area contributed by atoms with Crippen LogP contribution in [0.25, 0.3) is 0 Å². The first-order chi connectivity index (χ1) is 14.3. The number of nitro benzene ring substituents is 1. The van der Waals surface area contributed by atoms with Gasteiger partial charge in [0.05, 0.1) is 9.95 Å². The lowest BCUT2D eigenvalue weighted by Gasteiger charge is -2.39. The number of nitro groups is 1. The van der Waals surface area contributed by atoms with E-state index in [2.05, 4.69) is 39.9 Å². The molecule has 0 aliphatic carbocycles. The fourth-order valence-corrected chi connectivity index (χ4v) is 3.22. The van der Waals surface area contributed by atoms with Gasteiger partial charge in [0.15, 0.2) is 0 Å². The normalized spacial score (nSPS) is 11.4. The van der Waals surface area contributed by atoms with Crippen LogP contribution in [0.5, 0.6) is 11.5 Å². The Kier molecular flexibility index (Phi) is 10.3. The van der Waals surface area contributed by atoms with Crippen molar-refractivity contribution in [1.29, 1.82) is 0 Å². The second kappa shape index (κ2) is 11.7. The zero-order chi connectivity index (χ0) is 23.9. The molecule has 0 aromatic heterocycles. The van der Waals surface area contributed by atoms with Gasteiger partial charge in [0, 0.05) is 22.7 Å². The summed E-state index contributed by atoms with van der Waals surface area (Å²) in [6, 6.07) is 9.52. The third kappa shape index (κ3) is 7.98.